The lowest BCUT2D eigenvalue weighted by Gasteiger charge is -2.37. The van der Waals surface area contributed by atoms with Crippen molar-refractivity contribution < 1.29 is 23.0 Å². The van der Waals surface area contributed by atoms with Crippen LogP contribution in [0.5, 0.6) is 0 Å². The van der Waals surface area contributed by atoms with Crippen LogP contribution in [-0.4, -0.2) is 17.3 Å². The molecule has 1 aromatic carbocycles. The number of fused-ring (bicyclic) bond motifs is 2. The minimum Gasteiger partial charge on any atom is -0.385 e. The summed E-state index contributed by atoms with van der Waals surface area (Å²) in [5.74, 6) is 0. The first-order valence-electron chi connectivity index (χ1n) is 6.84. The Labute approximate surface area is 115 Å². The standard InChI is InChI=1S/C15H17F3O2/c1-9-6-10(15(16,17)18)2-5-13(9)14(19)7-11-3-4-12(8-14)20-11/h2,5-6,11-12,19H,3-4,7-8H2,1H3. The lowest BCUT2D eigenvalue weighted by atomic mass is 9.81. The Kier molecular flexibility index (Phi) is 3.10. The number of rotatable bonds is 1. The molecule has 0 spiro atoms. The molecule has 20 heavy (non-hydrogen) atoms. The second kappa shape index (κ2) is 4.46. The van der Waals surface area contributed by atoms with Crippen molar-refractivity contribution in [2.45, 2.75) is 56.6 Å². The number of hydrogen-bond acceptors (Lipinski definition) is 2. The van der Waals surface area contributed by atoms with Gasteiger partial charge in [-0.05, 0) is 43.0 Å². The van der Waals surface area contributed by atoms with Crippen LogP contribution >= 0.6 is 0 Å². The zero-order valence-electron chi connectivity index (χ0n) is 11.2. The first-order valence-corrected chi connectivity index (χ1v) is 6.84. The van der Waals surface area contributed by atoms with E-state index < -0.39 is 17.3 Å². The summed E-state index contributed by atoms with van der Waals surface area (Å²) in [6.45, 7) is 1.62. The van der Waals surface area contributed by atoms with E-state index in [9.17, 15) is 18.3 Å². The van der Waals surface area contributed by atoms with Gasteiger partial charge in [-0.25, -0.2) is 0 Å². The zero-order chi connectivity index (χ0) is 14.5. The molecule has 1 aromatic rings. The number of hydrogen-bond donors (Lipinski definition) is 1. The maximum absolute atomic E-state index is 12.7. The van der Waals surface area contributed by atoms with Gasteiger partial charge in [0.2, 0.25) is 0 Å². The first kappa shape index (κ1) is 13.9. The summed E-state index contributed by atoms with van der Waals surface area (Å²) in [5, 5.41) is 10.8. The van der Waals surface area contributed by atoms with Gasteiger partial charge in [0.05, 0.1) is 23.4 Å². The fraction of sp³-hybridized carbons (Fsp3) is 0.600. The molecule has 2 atom stereocenters. The molecule has 2 fully saturated rings. The highest BCUT2D eigenvalue weighted by Gasteiger charge is 2.45. The molecule has 2 aliphatic heterocycles. The summed E-state index contributed by atoms with van der Waals surface area (Å²) in [6, 6.07) is 3.59. The van der Waals surface area contributed by atoms with E-state index in [-0.39, 0.29) is 12.2 Å². The van der Waals surface area contributed by atoms with Crippen LogP contribution in [0.25, 0.3) is 0 Å². The van der Waals surface area contributed by atoms with Crippen molar-refractivity contribution in [3.63, 3.8) is 0 Å². The van der Waals surface area contributed by atoms with Crippen molar-refractivity contribution in [1.82, 2.24) is 0 Å². The molecule has 0 aromatic heterocycles. The SMILES string of the molecule is Cc1cc(C(F)(F)F)ccc1C1(O)CC2CCC(C1)O2. The maximum atomic E-state index is 12.7. The summed E-state index contributed by atoms with van der Waals surface area (Å²) in [6.07, 6.45) is -1.51. The van der Waals surface area contributed by atoms with Crippen LogP contribution in [0, 0.1) is 6.92 Å². The second-order valence-electron chi connectivity index (χ2n) is 5.92. The molecule has 3 rings (SSSR count). The summed E-state index contributed by atoms with van der Waals surface area (Å²) in [4.78, 5) is 0. The van der Waals surface area contributed by atoms with E-state index in [1.54, 1.807) is 6.92 Å². The lowest BCUT2D eigenvalue weighted by Crippen LogP contribution is -2.39. The Morgan fingerprint density at radius 3 is 2.30 bits per heavy atom. The quantitative estimate of drug-likeness (QED) is 0.855. The highest BCUT2D eigenvalue weighted by Crippen LogP contribution is 2.45. The number of aliphatic hydroxyl groups is 1. The van der Waals surface area contributed by atoms with Crippen LogP contribution in [0.15, 0.2) is 18.2 Å². The lowest BCUT2D eigenvalue weighted by molar-refractivity contribution is -0.138. The van der Waals surface area contributed by atoms with E-state index in [0.29, 0.717) is 24.0 Å². The highest BCUT2D eigenvalue weighted by atomic mass is 19.4. The van der Waals surface area contributed by atoms with Crippen molar-refractivity contribution in [3.8, 4) is 0 Å². The minimum absolute atomic E-state index is 0.0282. The van der Waals surface area contributed by atoms with Gasteiger partial charge < -0.3 is 9.84 Å². The van der Waals surface area contributed by atoms with Crippen molar-refractivity contribution in [3.05, 3.63) is 34.9 Å². The highest BCUT2D eigenvalue weighted by molar-refractivity contribution is 5.37. The van der Waals surface area contributed by atoms with Gasteiger partial charge in [-0.3, -0.25) is 0 Å². The average Bonchev–Trinajstić information content (AvgIpc) is 2.67. The van der Waals surface area contributed by atoms with E-state index in [2.05, 4.69) is 0 Å². The maximum Gasteiger partial charge on any atom is 0.416 e. The molecular formula is C15H17F3O2. The number of aryl methyl sites for hydroxylation is 1. The molecule has 2 heterocycles. The van der Waals surface area contributed by atoms with Crippen molar-refractivity contribution in [1.29, 1.82) is 0 Å². The Morgan fingerprint density at radius 2 is 1.80 bits per heavy atom. The number of benzene rings is 1. The molecule has 1 N–H and O–H groups in total. The Bertz CT molecular complexity index is 512. The molecule has 0 radical (unpaired) electrons. The number of ether oxygens (including phenoxy) is 1. The summed E-state index contributed by atoms with van der Waals surface area (Å²) < 4.78 is 43.8. The molecule has 2 aliphatic rings. The largest absolute Gasteiger partial charge is 0.416 e. The van der Waals surface area contributed by atoms with Crippen LogP contribution in [0.4, 0.5) is 13.2 Å². The van der Waals surface area contributed by atoms with Crippen LogP contribution in [-0.2, 0) is 16.5 Å². The molecule has 2 saturated heterocycles. The molecule has 2 bridgehead atoms. The van der Waals surface area contributed by atoms with Crippen molar-refractivity contribution >= 4 is 0 Å². The van der Waals surface area contributed by atoms with Gasteiger partial charge in [0.15, 0.2) is 0 Å². The van der Waals surface area contributed by atoms with Crippen LogP contribution in [0.1, 0.15) is 42.4 Å². The Balaban J connectivity index is 1.94. The van der Waals surface area contributed by atoms with Crippen molar-refractivity contribution in [2.24, 2.45) is 0 Å². The minimum atomic E-state index is -4.35. The van der Waals surface area contributed by atoms with Crippen LogP contribution in [0.2, 0.25) is 0 Å². The van der Waals surface area contributed by atoms with Crippen LogP contribution < -0.4 is 0 Å². The third-order valence-corrected chi connectivity index (χ3v) is 4.38. The fourth-order valence-electron chi connectivity index (χ4n) is 3.50. The number of alkyl halides is 3. The van der Waals surface area contributed by atoms with E-state index in [4.69, 9.17) is 4.74 Å². The Hall–Kier alpha value is -1.07. The average molecular weight is 286 g/mol. The van der Waals surface area contributed by atoms with E-state index in [1.165, 1.54) is 6.07 Å². The van der Waals surface area contributed by atoms with Gasteiger partial charge >= 0.3 is 6.18 Å². The summed E-state index contributed by atoms with van der Waals surface area (Å²) in [7, 11) is 0. The van der Waals surface area contributed by atoms with E-state index >= 15 is 0 Å². The molecular weight excluding hydrogens is 269 g/mol. The third-order valence-electron chi connectivity index (χ3n) is 4.38. The number of halogens is 3. The van der Waals surface area contributed by atoms with Gasteiger partial charge in [0.1, 0.15) is 0 Å². The molecule has 2 unspecified atom stereocenters. The van der Waals surface area contributed by atoms with E-state index in [0.717, 1.165) is 25.0 Å². The molecule has 0 amide bonds. The Morgan fingerprint density at radius 1 is 1.20 bits per heavy atom. The van der Waals surface area contributed by atoms with Gasteiger partial charge in [-0.2, -0.15) is 13.2 Å². The fourth-order valence-corrected chi connectivity index (χ4v) is 3.50. The topological polar surface area (TPSA) is 29.5 Å². The van der Waals surface area contributed by atoms with Gasteiger partial charge in [0.25, 0.3) is 0 Å². The predicted octanol–water partition coefficient (Wildman–Crippen LogP) is 3.54. The molecule has 2 nitrogen and oxygen atoms in total. The molecule has 5 heteroatoms. The third kappa shape index (κ3) is 2.33. The monoisotopic (exact) mass is 286 g/mol. The predicted molar refractivity (Wildman–Crippen MR) is 67.2 cm³/mol. The van der Waals surface area contributed by atoms with E-state index in [1.807, 2.05) is 0 Å². The summed E-state index contributed by atoms with van der Waals surface area (Å²) in [5.41, 5.74) is -0.634. The van der Waals surface area contributed by atoms with Gasteiger partial charge in [-0.15, -0.1) is 0 Å². The zero-order valence-corrected chi connectivity index (χ0v) is 11.2. The van der Waals surface area contributed by atoms with Gasteiger partial charge in [0, 0.05) is 12.8 Å². The first-order chi connectivity index (χ1) is 9.28. The second-order valence-corrected chi connectivity index (χ2v) is 5.92. The van der Waals surface area contributed by atoms with Gasteiger partial charge in [-0.1, -0.05) is 6.07 Å². The van der Waals surface area contributed by atoms with Crippen molar-refractivity contribution in [2.75, 3.05) is 0 Å². The smallest absolute Gasteiger partial charge is 0.385 e. The molecule has 0 aliphatic carbocycles. The van der Waals surface area contributed by atoms with Crippen LogP contribution in [0.3, 0.4) is 0 Å². The molecule has 0 saturated carbocycles. The molecule has 110 valence electrons. The normalized spacial score (nSPS) is 33.5. The summed E-state index contributed by atoms with van der Waals surface area (Å²) >= 11 is 0.